The predicted molar refractivity (Wildman–Crippen MR) is 83.6 cm³/mol. The molecule has 0 saturated carbocycles. The number of carbonyl (C=O) groups is 2. The van der Waals surface area contributed by atoms with Crippen LogP contribution in [0.5, 0.6) is 0 Å². The van der Waals surface area contributed by atoms with E-state index >= 15 is 0 Å². The summed E-state index contributed by atoms with van der Waals surface area (Å²) in [6.45, 7) is 1.79. The Hall–Kier alpha value is -2.80. The molecule has 0 aliphatic heterocycles. The van der Waals surface area contributed by atoms with E-state index in [-0.39, 0.29) is 12.6 Å². The van der Waals surface area contributed by atoms with E-state index in [2.05, 4.69) is 10.9 Å². The van der Waals surface area contributed by atoms with Crippen molar-refractivity contribution in [3.8, 4) is 0 Å². The van der Waals surface area contributed by atoms with Gasteiger partial charge in [-0.25, -0.2) is 8.78 Å². The Morgan fingerprint density at radius 3 is 2.42 bits per heavy atom. The molecule has 0 radical (unpaired) electrons. The van der Waals surface area contributed by atoms with E-state index in [9.17, 15) is 18.4 Å². The Labute approximate surface area is 138 Å². The molecule has 0 aliphatic rings. The fourth-order valence-corrected chi connectivity index (χ4v) is 2.05. The van der Waals surface area contributed by atoms with E-state index in [4.69, 9.17) is 0 Å². The maximum atomic E-state index is 13.2. The van der Waals surface area contributed by atoms with E-state index in [1.54, 1.807) is 42.6 Å². The van der Waals surface area contributed by atoms with Crippen molar-refractivity contribution < 1.29 is 23.7 Å². The lowest BCUT2D eigenvalue weighted by molar-refractivity contribution is -0.682. The van der Waals surface area contributed by atoms with Crippen LogP contribution in [0.25, 0.3) is 0 Å². The van der Waals surface area contributed by atoms with Crippen molar-refractivity contribution in [1.82, 2.24) is 10.9 Å². The van der Waals surface area contributed by atoms with Crippen molar-refractivity contribution in [1.29, 1.82) is 0 Å². The Kier molecular flexibility index (Phi) is 5.97. The number of nitrogens with one attached hydrogen (secondary N) is 2. The second-order valence-corrected chi connectivity index (χ2v) is 5.27. The summed E-state index contributed by atoms with van der Waals surface area (Å²) >= 11 is 0. The number of hydrogen-bond donors (Lipinski definition) is 3. The molecule has 2 amide bonds. The summed E-state index contributed by atoms with van der Waals surface area (Å²) in [5.41, 5.74) is 5.61. The molecular formula is C17H18F2N3O2+. The summed E-state index contributed by atoms with van der Waals surface area (Å²) in [7, 11) is 0. The Balaban J connectivity index is 1.78. The molecule has 0 aliphatic carbocycles. The molecular weight excluding hydrogens is 316 g/mol. The van der Waals surface area contributed by atoms with Crippen molar-refractivity contribution in [3.05, 3.63) is 71.3 Å². The monoisotopic (exact) mass is 334 g/mol. The highest BCUT2D eigenvalue weighted by Crippen LogP contribution is 2.12. The van der Waals surface area contributed by atoms with Crippen LogP contribution in [0.3, 0.4) is 0 Å². The Morgan fingerprint density at radius 2 is 1.75 bits per heavy atom. The van der Waals surface area contributed by atoms with Crippen molar-refractivity contribution in [2.45, 2.75) is 13.0 Å². The zero-order valence-corrected chi connectivity index (χ0v) is 13.1. The first kappa shape index (κ1) is 17.6. The number of rotatable bonds is 5. The van der Waals surface area contributed by atoms with E-state index in [1.165, 1.54) is 6.07 Å². The standard InChI is InChI=1S/C17H17F2N3O2/c1-11(13-7-8-14(18)15(19)9-13)20-10-16(23)21-22-17(24)12-5-3-2-4-6-12/h2-9,11,20H,10H2,1H3,(H,21,23)(H,22,24)/p+1/t11-/m1/s1. The fourth-order valence-electron chi connectivity index (χ4n) is 2.05. The molecule has 2 aromatic rings. The van der Waals surface area contributed by atoms with Gasteiger partial charge >= 0.3 is 0 Å². The van der Waals surface area contributed by atoms with Crippen molar-refractivity contribution in [2.24, 2.45) is 0 Å². The summed E-state index contributed by atoms with van der Waals surface area (Å²) < 4.78 is 26.1. The number of halogens is 2. The van der Waals surface area contributed by atoms with Crippen LogP contribution in [-0.2, 0) is 4.79 Å². The third kappa shape index (κ3) is 4.85. The Bertz CT molecular complexity index is 723. The molecule has 24 heavy (non-hydrogen) atoms. The lowest BCUT2D eigenvalue weighted by Crippen LogP contribution is -2.87. The molecule has 5 nitrogen and oxygen atoms in total. The Morgan fingerprint density at radius 1 is 1.04 bits per heavy atom. The van der Waals surface area contributed by atoms with Crippen LogP contribution in [0.1, 0.15) is 28.9 Å². The minimum absolute atomic E-state index is 0.0230. The van der Waals surface area contributed by atoms with Crippen molar-refractivity contribution >= 4 is 11.8 Å². The smallest absolute Gasteiger partial charge is 0.293 e. The first-order valence-electron chi connectivity index (χ1n) is 7.40. The first-order chi connectivity index (χ1) is 11.5. The summed E-state index contributed by atoms with van der Waals surface area (Å²) in [5.74, 6) is -2.66. The fraction of sp³-hybridized carbons (Fsp3) is 0.176. The summed E-state index contributed by atoms with van der Waals surface area (Å²) in [4.78, 5) is 23.5. The van der Waals surface area contributed by atoms with Gasteiger partial charge in [-0.3, -0.25) is 20.4 Å². The van der Waals surface area contributed by atoms with Crippen LogP contribution < -0.4 is 16.2 Å². The van der Waals surface area contributed by atoms with Gasteiger partial charge in [0.15, 0.2) is 18.2 Å². The van der Waals surface area contributed by atoms with Gasteiger partial charge in [-0.15, -0.1) is 0 Å². The van der Waals surface area contributed by atoms with Crippen LogP contribution in [-0.4, -0.2) is 18.4 Å². The van der Waals surface area contributed by atoms with Gasteiger partial charge in [0.2, 0.25) is 0 Å². The largest absolute Gasteiger partial charge is 0.332 e. The average molecular weight is 334 g/mol. The molecule has 7 heteroatoms. The van der Waals surface area contributed by atoms with E-state index in [0.717, 1.165) is 12.1 Å². The van der Waals surface area contributed by atoms with Gasteiger partial charge in [0.1, 0.15) is 6.04 Å². The van der Waals surface area contributed by atoms with Gasteiger partial charge in [0.05, 0.1) is 0 Å². The molecule has 1 atom stereocenters. The zero-order chi connectivity index (χ0) is 17.5. The number of nitrogens with two attached hydrogens (primary N) is 1. The third-order valence-electron chi connectivity index (χ3n) is 3.48. The topological polar surface area (TPSA) is 74.8 Å². The van der Waals surface area contributed by atoms with E-state index in [1.807, 2.05) is 0 Å². The van der Waals surface area contributed by atoms with Gasteiger partial charge in [-0.1, -0.05) is 18.2 Å². The zero-order valence-electron chi connectivity index (χ0n) is 13.1. The lowest BCUT2D eigenvalue weighted by Gasteiger charge is -2.12. The second-order valence-electron chi connectivity index (χ2n) is 5.27. The molecule has 0 bridgehead atoms. The highest BCUT2D eigenvalue weighted by molar-refractivity contribution is 5.95. The van der Waals surface area contributed by atoms with Crippen molar-refractivity contribution in [2.75, 3.05) is 6.54 Å². The molecule has 4 N–H and O–H groups in total. The summed E-state index contributed by atoms with van der Waals surface area (Å²) in [6, 6.07) is 11.8. The predicted octanol–water partition coefficient (Wildman–Crippen LogP) is 1.05. The molecule has 126 valence electrons. The summed E-state index contributed by atoms with van der Waals surface area (Å²) in [5, 5.41) is 1.65. The van der Waals surface area contributed by atoms with Crippen LogP contribution in [0.15, 0.2) is 48.5 Å². The SMILES string of the molecule is C[C@@H]([NH2+]CC(=O)NNC(=O)c1ccccc1)c1ccc(F)c(F)c1. The number of carbonyl (C=O) groups excluding carboxylic acids is 2. The maximum Gasteiger partial charge on any atom is 0.293 e. The van der Waals surface area contributed by atoms with Crippen LogP contribution in [0.2, 0.25) is 0 Å². The first-order valence-corrected chi connectivity index (χ1v) is 7.40. The van der Waals surface area contributed by atoms with Gasteiger partial charge in [-0.2, -0.15) is 0 Å². The highest BCUT2D eigenvalue weighted by Gasteiger charge is 2.14. The lowest BCUT2D eigenvalue weighted by atomic mass is 10.1. The number of hydrogen-bond acceptors (Lipinski definition) is 2. The number of hydrazine groups is 1. The van der Waals surface area contributed by atoms with E-state index in [0.29, 0.717) is 11.1 Å². The quantitative estimate of drug-likeness (QED) is 0.715. The molecule has 0 aromatic heterocycles. The van der Waals surface area contributed by atoms with Gasteiger partial charge in [0.25, 0.3) is 11.8 Å². The number of amides is 2. The molecule has 0 saturated heterocycles. The number of benzene rings is 2. The minimum atomic E-state index is -0.924. The molecule has 2 rings (SSSR count). The molecule has 0 unspecified atom stereocenters. The molecule has 0 spiro atoms. The normalized spacial score (nSPS) is 11.6. The average Bonchev–Trinajstić information content (AvgIpc) is 2.60. The van der Waals surface area contributed by atoms with Crippen LogP contribution >= 0.6 is 0 Å². The highest BCUT2D eigenvalue weighted by atomic mass is 19.2. The van der Waals surface area contributed by atoms with Gasteiger partial charge in [0, 0.05) is 11.1 Å². The third-order valence-corrected chi connectivity index (χ3v) is 3.48. The van der Waals surface area contributed by atoms with Crippen LogP contribution in [0, 0.1) is 11.6 Å². The minimum Gasteiger partial charge on any atom is -0.332 e. The van der Waals surface area contributed by atoms with E-state index < -0.39 is 23.4 Å². The van der Waals surface area contributed by atoms with Crippen LogP contribution in [0.4, 0.5) is 8.78 Å². The second kappa shape index (κ2) is 8.16. The van der Waals surface area contributed by atoms with Crippen molar-refractivity contribution in [3.63, 3.8) is 0 Å². The van der Waals surface area contributed by atoms with Gasteiger partial charge in [-0.05, 0) is 37.3 Å². The molecule has 2 aromatic carbocycles. The van der Waals surface area contributed by atoms with Gasteiger partial charge < -0.3 is 5.32 Å². The summed E-state index contributed by atoms with van der Waals surface area (Å²) in [6.07, 6.45) is 0. The molecule has 0 fully saturated rings. The maximum absolute atomic E-state index is 13.2. The molecule has 0 heterocycles. The number of quaternary nitrogens is 1.